The largest absolute Gasteiger partial charge is 0.505 e. The maximum absolute atomic E-state index is 10.6. The van der Waals surface area contributed by atoms with Crippen molar-refractivity contribution in [3.8, 4) is 5.75 Å². The highest BCUT2D eigenvalue weighted by Gasteiger charge is 2.17. The molecule has 0 unspecified atom stereocenters. The van der Waals surface area contributed by atoms with Crippen molar-refractivity contribution < 1.29 is 5.11 Å². The molecular weight excluding hydrogens is 356 g/mol. The molecule has 3 rings (SSSR count). The number of allylic oxidation sites excluding steroid dienone is 4. The summed E-state index contributed by atoms with van der Waals surface area (Å²) in [5.41, 5.74) is 3.39. The molecule has 3 heteroatoms. The van der Waals surface area contributed by atoms with Crippen molar-refractivity contribution in [2.24, 2.45) is 0 Å². The Hall–Kier alpha value is -1.74. The summed E-state index contributed by atoms with van der Waals surface area (Å²) < 4.78 is 0. The highest BCUT2D eigenvalue weighted by molar-refractivity contribution is 5.62. The van der Waals surface area contributed by atoms with Crippen LogP contribution in [0.1, 0.15) is 76.3 Å². The zero-order valence-electron chi connectivity index (χ0n) is 19.0. The number of aromatic hydroxyl groups is 1. The van der Waals surface area contributed by atoms with Crippen LogP contribution in [0.3, 0.4) is 0 Å². The molecule has 0 aromatic heterocycles. The molecular formula is C26H42N2O. The summed E-state index contributed by atoms with van der Waals surface area (Å²) in [6.45, 7) is 12.0. The summed E-state index contributed by atoms with van der Waals surface area (Å²) >= 11 is 0. The first-order valence-corrected chi connectivity index (χ1v) is 11.8. The average molecular weight is 399 g/mol. The first kappa shape index (κ1) is 23.5. The zero-order valence-corrected chi connectivity index (χ0v) is 19.0. The van der Waals surface area contributed by atoms with E-state index in [1.165, 1.54) is 70.0 Å². The molecule has 1 aromatic carbocycles. The van der Waals surface area contributed by atoms with Crippen LogP contribution in [0.2, 0.25) is 0 Å². The zero-order chi connectivity index (χ0) is 20.9. The molecule has 1 heterocycles. The van der Waals surface area contributed by atoms with E-state index in [1.54, 1.807) is 0 Å². The van der Waals surface area contributed by atoms with Gasteiger partial charge in [-0.1, -0.05) is 57.1 Å². The van der Waals surface area contributed by atoms with Gasteiger partial charge in [-0.2, -0.15) is 0 Å². The van der Waals surface area contributed by atoms with E-state index in [0.29, 0.717) is 5.75 Å². The molecule has 29 heavy (non-hydrogen) atoms. The lowest BCUT2D eigenvalue weighted by Gasteiger charge is -2.27. The molecule has 2 aliphatic rings. The lowest BCUT2D eigenvalue weighted by Crippen LogP contribution is -2.26. The summed E-state index contributed by atoms with van der Waals surface area (Å²) in [4.78, 5) is 4.92. The minimum absolute atomic E-state index is 0.474. The van der Waals surface area contributed by atoms with Gasteiger partial charge in [0.15, 0.2) is 0 Å². The van der Waals surface area contributed by atoms with E-state index in [1.807, 2.05) is 6.92 Å². The molecule has 1 saturated heterocycles. The summed E-state index contributed by atoms with van der Waals surface area (Å²) in [5, 5.41) is 10.6. The van der Waals surface area contributed by atoms with Crippen molar-refractivity contribution >= 4 is 5.69 Å². The summed E-state index contributed by atoms with van der Waals surface area (Å²) in [6.07, 6.45) is 18.4. The van der Waals surface area contributed by atoms with Crippen molar-refractivity contribution in [1.82, 2.24) is 4.90 Å². The van der Waals surface area contributed by atoms with Crippen molar-refractivity contribution in [1.29, 1.82) is 0 Å². The van der Waals surface area contributed by atoms with Gasteiger partial charge in [-0.25, -0.2) is 0 Å². The number of phenols is 1. The molecule has 1 aliphatic heterocycles. The highest BCUT2D eigenvalue weighted by Crippen LogP contribution is 2.33. The van der Waals surface area contributed by atoms with Crippen LogP contribution in [0.4, 0.5) is 5.69 Å². The molecule has 3 nitrogen and oxygen atoms in total. The van der Waals surface area contributed by atoms with Crippen LogP contribution in [0.15, 0.2) is 36.4 Å². The maximum atomic E-state index is 10.6. The molecule has 1 N–H and O–H groups in total. The highest BCUT2D eigenvalue weighted by atomic mass is 16.3. The summed E-state index contributed by atoms with van der Waals surface area (Å²) in [7, 11) is 0. The number of aryl methyl sites for hydroxylation is 1. The second-order valence-corrected chi connectivity index (χ2v) is 8.39. The molecule has 1 fully saturated rings. The van der Waals surface area contributed by atoms with Crippen LogP contribution in [0, 0.1) is 6.92 Å². The normalized spacial score (nSPS) is 16.0. The van der Waals surface area contributed by atoms with Gasteiger partial charge in [-0.05, 0) is 75.7 Å². The van der Waals surface area contributed by atoms with Crippen LogP contribution in [0.25, 0.3) is 0 Å². The first-order chi connectivity index (χ1) is 14.2. The topological polar surface area (TPSA) is 26.7 Å². The Bertz CT molecular complexity index is 624. The van der Waals surface area contributed by atoms with Crippen LogP contribution < -0.4 is 4.90 Å². The van der Waals surface area contributed by atoms with E-state index in [9.17, 15) is 5.11 Å². The van der Waals surface area contributed by atoms with Crippen molar-refractivity contribution in [3.63, 3.8) is 0 Å². The van der Waals surface area contributed by atoms with Crippen LogP contribution in [0.5, 0.6) is 5.75 Å². The van der Waals surface area contributed by atoms with E-state index < -0.39 is 0 Å². The number of unbranched alkanes of at least 4 members (excludes halogenated alkanes) is 2. The third-order valence-corrected chi connectivity index (χ3v) is 5.73. The Labute approximate surface area is 179 Å². The van der Waals surface area contributed by atoms with E-state index in [-0.39, 0.29) is 0 Å². The number of hydrogen-bond acceptors (Lipinski definition) is 3. The molecule has 0 bridgehead atoms. The minimum atomic E-state index is 0.474. The number of phenolic OH excluding ortho intramolecular Hbond substituents is 1. The number of likely N-dealkylation sites (tertiary alicyclic amines) is 1. The maximum Gasteiger partial charge on any atom is 0.141 e. The number of hydrogen-bond donors (Lipinski definition) is 1. The molecule has 1 aliphatic carbocycles. The van der Waals surface area contributed by atoms with Gasteiger partial charge in [0, 0.05) is 19.6 Å². The van der Waals surface area contributed by atoms with E-state index in [2.05, 4.69) is 60.1 Å². The second kappa shape index (κ2) is 13.5. The summed E-state index contributed by atoms with van der Waals surface area (Å²) in [6, 6.07) is 4.39. The fourth-order valence-electron chi connectivity index (χ4n) is 3.96. The molecule has 0 radical (unpaired) electrons. The molecule has 0 saturated carbocycles. The van der Waals surface area contributed by atoms with E-state index >= 15 is 0 Å². The third kappa shape index (κ3) is 8.26. The van der Waals surface area contributed by atoms with Gasteiger partial charge in [0.05, 0.1) is 5.69 Å². The average Bonchev–Trinajstić information content (AvgIpc) is 3.26. The lowest BCUT2D eigenvalue weighted by atomic mass is 10.1. The lowest BCUT2D eigenvalue weighted by molar-refractivity contribution is 0.331. The number of benzene rings is 1. The Kier molecular flexibility index (Phi) is 10.9. The van der Waals surface area contributed by atoms with Crippen LogP contribution >= 0.6 is 0 Å². The van der Waals surface area contributed by atoms with Gasteiger partial charge in [0.1, 0.15) is 5.75 Å². The Morgan fingerprint density at radius 1 is 0.931 bits per heavy atom. The fraction of sp³-hybridized carbons (Fsp3) is 0.615. The minimum Gasteiger partial charge on any atom is -0.505 e. The Balaban J connectivity index is 0.000000426. The van der Waals surface area contributed by atoms with Gasteiger partial charge in [0.25, 0.3) is 0 Å². The standard InChI is InChI=1S/C20H34N2O.C6H8/c1-4-6-12-22(13-7-5-2)19-15-18(14-17(3)20(19)23)16-21-10-8-9-11-21;1-2-4-6-5-3-1/h14-15,23H,4-13,16H2,1-3H3;1-4H,5-6H2. The van der Waals surface area contributed by atoms with Gasteiger partial charge < -0.3 is 10.0 Å². The van der Waals surface area contributed by atoms with Crippen LogP contribution in [-0.4, -0.2) is 36.2 Å². The predicted molar refractivity (Wildman–Crippen MR) is 127 cm³/mol. The number of rotatable bonds is 9. The van der Waals surface area contributed by atoms with Gasteiger partial charge in [-0.3, -0.25) is 4.90 Å². The molecule has 0 spiro atoms. The number of anilines is 1. The fourth-order valence-corrected chi connectivity index (χ4v) is 3.96. The van der Waals surface area contributed by atoms with Crippen molar-refractivity contribution in [3.05, 3.63) is 47.6 Å². The SMILES string of the molecule is C1=CCCC=C1.CCCCN(CCCC)c1cc(CN2CCCC2)cc(C)c1O. The smallest absolute Gasteiger partial charge is 0.141 e. The quantitative estimate of drug-likeness (QED) is 0.508. The van der Waals surface area contributed by atoms with E-state index in [0.717, 1.165) is 30.9 Å². The van der Waals surface area contributed by atoms with Gasteiger partial charge in [-0.15, -0.1) is 0 Å². The summed E-state index contributed by atoms with van der Waals surface area (Å²) in [5.74, 6) is 0.474. The Morgan fingerprint density at radius 3 is 2.00 bits per heavy atom. The molecule has 1 aromatic rings. The van der Waals surface area contributed by atoms with Crippen molar-refractivity contribution in [2.45, 2.75) is 78.7 Å². The number of nitrogens with zero attached hydrogens (tertiary/aromatic N) is 2. The van der Waals surface area contributed by atoms with Gasteiger partial charge >= 0.3 is 0 Å². The third-order valence-electron chi connectivity index (χ3n) is 5.73. The monoisotopic (exact) mass is 398 g/mol. The first-order valence-electron chi connectivity index (χ1n) is 11.8. The molecule has 0 amide bonds. The van der Waals surface area contributed by atoms with Gasteiger partial charge in [0.2, 0.25) is 0 Å². The molecule has 162 valence electrons. The second-order valence-electron chi connectivity index (χ2n) is 8.39. The van der Waals surface area contributed by atoms with Crippen molar-refractivity contribution in [2.75, 3.05) is 31.1 Å². The van der Waals surface area contributed by atoms with Crippen LogP contribution in [-0.2, 0) is 6.54 Å². The predicted octanol–water partition coefficient (Wildman–Crippen LogP) is 6.60. The molecule has 0 atom stereocenters. The Morgan fingerprint density at radius 2 is 1.52 bits per heavy atom. The van der Waals surface area contributed by atoms with E-state index in [4.69, 9.17) is 0 Å².